The quantitative estimate of drug-likeness (QED) is 0.703. The second kappa shape index (κ2) is 5.83. The zero-order chi connectivity index (χ0) is 13.7. The molecule has 1 nitrogen and oxygen atoms in total. The molecule has 2 aromatic carbocycles. The highest BCUT2D eigenvalue weighted by Crippen LogP contribution is 2.24. The summed E-state index contributed by atoms with van der Waals surface area (Å²) >= 11 is 0. The van der Waals surface area contributed by atoms with Gasteiger partial charge in [0.15, 0.2) is 0 Å². The Morgan fingerprint density at radius 3 is 2.00 bits per heavy atom. The Morgan fingerprint density at radius 1 is 0.895 bits per heavy atom. The Labute approximate surface area is 116 Å². The summed E-state index contributed by atoms with van der Waals surface area (Å²) in [5.74, 6) is 0. The molecule has 98 valence electrons. The fourth-order valence-electron chi connectivity index (χ4n) is 2.32. The molecule has 0 fully saturated rings. The van der Waals surface area contributed by atoms with Crippen molar-refractivity contribution in [3.63, 3.8) is 0 Å². The molecule has 0 amide bonds. The van der Waals surface area contributed by atoms with E-state index in [-0.39, 0.29) is 5.54 Å². The second-order valence-corrected chi connectivity index (χ2v) is 5.43. The molecule has 0 atom stereocenters. The molecule has 0 heterocycles. The fraction of sp³-hybridized carbons (Fsp3) is 0.278. The van der Waals surface area contributed by atoms with Gasteiger partial charge in [-0.05, 0) is 31.9 Å². The molecule has 0 saturated heterocycles. The zero-order valence-electron chi connectivity index (χ0n) is 11.9. The van der Waals surface area contributed by atoms with Crippen LogP contribution in [0.4, 0.5) is 0 Å². The summed E-state index contributed by atoms with van der Waals surface area (Å²) in [5.41, 5.74) is 3.57. The maximum Gasteiger partial charge on any atom is 0.0799 e. The van der Waals surface area contributed by atoms with Gasteiger partial charge in [-0.25, -0.2) is 0 Å². The molecular weight excluding hydrogens is 230 g/mol. The van der Waals surface area contributed by atoms with E-state index >= 15 is 0 Å². The van der Waals surface area contributed by atoms with E-state index in [2.05, 4.69) is 69.3 Å². The van der Waals surface area contributed by atoms with Gasteiger partial charge in [0.05, 0.1) is 5.54 Å². The van der Waals surface area contributed by atoms with Crippen molar-refractivity contribution in [3.8, 4) is 0 Å². The van der Waals surface area contributed by atoms with Gasteiger partial charge in [0, 0.05) is 12.1 Å². The minimum absolute atomic E-state index is 0.167. The maximum atomic E-state index is 4.89. The van der Waals surface area contributed by atoms with E-state index in [4.69, 9.17) is 4.99 Å². The highest BCUT2D eigenvalue weighted by Gasteiger charge is 2.18. The predicted octanol–water partition coefficient (Wildman–Crippen LogP) is 4.63. The van der Waals surface area contributed by atoms with Gasteiger partial charge in [-0.1, -0.05) is 60.7 Å². The summed E-state index contributed by atoms with van der Waals surface area (Å²) in [6, 6.07) is 20.9. The van der Waals surface area contributed by atoms with Crippen LogP contribution in [-0.2, 0) is 12.0 Å². The lowest BCUT2D eigenvalue weighted by atomic mass is 9.94. The molecule has 0 saturated carbocycles. The zero-order valence-corrected chi connectivity index (χ0v) is 11.9. The smallest absolute Gasteiger partial charge is 0.0799 e. The van der Waals surface area contributed by atoms with Gasteiger partial charge in [0.2, 0.25) is 0 Å². The van der Waals surface area contributed by atoms with E-state index < -0.39 is 0 Å². The normalized spacial score (nSPS) is 12.5. The molecule has 0 spiro atoms. The van der Waals surface area contributed by atoms with Crippen LogP contribution in [-0.4, -0.2) is 5.71 Å². The Hall–Kier alpha value is -1.89. The first-order valence-electron chi connectivity index (χ1n) is 6.73. The van der Waals surface area contributed by atoms with Crippen molar-refractivity contribution in [2.45, 2.75) is 32.7 Å². The Balaban J connectivity index is 2.16. The minimum atomic E-state index is -0.167. The summed E-state index contributed by atoms with van der Waals surface area (Å²) in [7, 11) is 0. The van der Waals surface area contributed by atoms with Crippen LogP contribution in [0.3, 0.4) is 0 Å². The highest BCUT2D eigenvalue weighted by atomic mass is 14.8. The molecule has 2 rings (SSSR count). The van der Waals surface area contributed by atoms with Gasteiger partial charge in [0.1, 0.15) is 0 Å². The van der Waals surface area contributed by atoms with Crippen molar-refractivity contribution in [1.29, 1.82) is 0 Å². The molecule has 0 aliphatic rings. The molecular formula is C18H21N. The predicted molar refractivity (Wildman–Crippen MR) is 82.7 cm³/mol. The first-order valence-corrected chi connectivity index (χ1v) is 6.73. The number of hydrogen-bond acceptors (Lipinski definition) is 1. The second-order valence-electron chi connectivity index (χ2n) is 5.43. The monoisotopic (exact) mass is 251 g/mol. The average Bonchev–Trinajstić information content (AvgIpc) is 2.40. The number of rotatable bonds is 4. The third-order valence-electron chi connectivity index (χ3n) is 3.25. The molecule has 0 aliphatic heterocycles. The third kappa shape index (κ3) is 3.78. The van der Waals surface area contributed by atoms with Gasteiger partial charge in [-0.15, -0.1) is 0 Å². The largest absolute Gasteiger partial charge is 0.283 e. The Bertz CT molecular complexity index is 538. The van der Waals surface area contributed by atoms with E-state index in [1.807, 2.05) is 12.1 Å². The lowest BCUT2D eigenvalue weighted by Crippen LogP contribution is -2.16. The lowest BCUT2D eigenvalue weighted by Gasteiger charge is -2.21. The summed E-state index contributed by atoms with van der Waals surface area (Å²) in [6.07, 6.45) is 0.914. The third-order valence-corrected chi connectivity index (χ3v) is 3.25. The Kier molecular flexibility index (Phi) is 4.16. The number of benzene rings is 2. The van der Waals surface area contributed by atoms with Gasteiger partial charge in [-0.3, -0.25) is 4.99 Å². The molecule has 0 aliphatic carbocycles. The SMILES string of the molecule is CC(Cc1ccccc1)=NC(C)(C)c1ccccc1. The standard InChI is InChI=1S/C18H21N/c1-15(14-16-10-6-4-7-11-16)19-18(2,3)17-12-8-5-9-13-17/h4-13H,14H2,1-3H3. The van der Waals surface area contributed by atoms with Crippen molar-refractivity contribution in [1.82, 2.24) is 0 Å². The van der Waals surface area contributed by atoms with Crippen LogP contribution in [0, 0.1) is 0 Å². The number of hydrogen-bond donors (Lipinski definition) is 0. The molecule has 2 aromatic rings. The summed E-state index contributed by atoms with van der Waals surface area (Å²) in [5, 5.41) is 0. The van der Waals surface area contributed by atoms with Gasteiger partial charge < -0.3 is 0 Å². The number of aliphatic imine (C=N–C) groups is 1. The minimum Gasteiger partial charge on any atom is -0.283 e. The van der Waals surface area contributed by atoms with Crippen LogP contribution >= 0.6 is 0 Å². The summed E-state index contributed by atoms with van der Waals surface area (Å²) in [6.45, 7) is 6.44. The molecule has 0 N–H and O–H groups in total. The van der Waals surface area contributed by atoms with Crippen LogP contribution in [0.5, 0.6) is 0 Å². The topological polar surface area (TPSA) is 12.4 Å². The number of nitrogens with zero attached hydrogens (tertiary/aromatic N) is 1. The first kappa shape index (κ1) is 13.5. The van der Waals surface area contributed by atoms with E-state index in [9.17, 15) is 0 Å². The van der Waals surface area contributed by atoms with Gasteiger partial charge in [0.25, 0.3) is 0 Å². The molecule has 19 heavy (non-hydrogen) atoms. The maximum absolute atomic E-state index is 4.89. The van der Waals surface area contributed by atoms with Crippen molar-refractivity contribution in [2.24, 2.45) is 4.99 Å². The van der Waals surface area contributed by atoms with Crippen molar-refractivity contribution < 1.29 is 0 Å². The van der Waals surface area contributed by atoms with Gasteiger partial charge in [-0.2, -0.15) is 0 Å². The molecule has 0 bridgehead atoms. The highest BCUT2D eigenvalue weighted by molar-refractivity contribution is 5.84. The molecule has 1 heteroatoms. The van der Waals surface area contributed by atoms with Gasteiger partial charge >= 0.3 is 0 Å². The molecule has 0 aromatic heterocycles. The van der Waals surface area contributed by atoms with Crippen LogP contribution < -0.4 is 0 Å². The van der Waals surface area contributed by atoms with Crippen molar-refractivity contribution in [2.75, 3.05) is 0 Å². The summed E-state index contributed by atoms with van der Waals surface area (Å²) < 4.78 is 0. The van der Waals surface area contributed by atoms with Crippen molar-refractivity contribution >= 4 is 5.71 Å². The fourth-order valence-corrected chi connectivity index (χ4v) is 2.32. The van der Waals surface area contributed by atoms with E-state index in [0.29, 0.717) is 0 Å². The van der Waals surface area contributed by atoms with Crippen LogP contribution in [0.25, 0.3) is 0 Å². The molecule has 0 radical (unpaired) electrons. The van der Waals surface area contributed by atoms with Crippen molar-refractivity contribution in [3.05, 3.63) is 71.8 Å². The van der Waals surface area contributed by atoms with Crippen LogP contribution in [0.1, 0.15) is 31.9 Å². The summed E-state index contributed by atoms with van der Waals surface area (Å²) in [4.78, 5) is 4.89. The average molecular weight is 251 g/mol. The van der Waals surface area contributed by atoms with E-state index in [1.54, 1.807) is 0 Å². The first-order chi connectivity index (χ1) is 9.08. The molecule has 0 unspecified atom stereocenters. The van der Waals surface area contributed by atoms with Crippen LogP contribution in [0.2, 0.25) is 0 Å². The lowest BCUT2D eigenvalue weighted by molar-refractivity contribution is 0.557. The van der Waals surface area contributed by atoms with E-state index in [1.165, 1.54) is 16.8 Å². The van der Waals surface area contributed by atoms with Crippen LogP contribution in [0.15, 0.2) is 65.7 Å². The van der Waals surface area contributed by atoms with E-state index in [0.717, 1.165) is 6.42 Å². The Morgan fingerprint density at radius 2 is 1.42 bits per heavy atom.